The molecule has 8 heteroatoms. The van der Waals surface area contributed by atoms with Gasteiger partial charge in [-0.15, -0.1) is 0 Å². The fourth-order valence-electron chi connectivity index (χ4n) is 2.06. The Morgan fingerprint density at radius 3 is 2.30 bits per heavy atom. The van der Waals surface area contributed by atoms with E-state index in [-0.39, 0.29) is 5.56 Å². The van der Waals surface area contributed by atoms with Crippen molar-refractivity contribution in [2.45, 2.75) is 44.4 Å². The van der Waals surface area contributed by atoms with Gasteiger partial charge in [-0.3, -0.25) is 9.59 Å². The number of carbonyl (C=O) groups excluding carboxylic acids is 2. The molecule has 5 nitrogen and oxygen atoms in total. The number of amides is 2. The van der Waals surface area contributed by atoms with Gasteiger partial charge < -0.3 is 16.8 Å². The lowest BCUT2D eigenvalue weighted by Crippen LogP contribution is -2.56. The predicted molar refractivity (Wildman–Crippen MR) is 79.0 cm³/mol. The Labute approximate surface area is 132 Å². The van der Waals surface area contributed by atoms with Crippen LogP contribution in [-0.2, 0) is 21.3 Å². The molecule has 0 heterocycles. The van der Waals surface area contributed by atoms with E-state index in [1.807, 2.05) is 6.92 Å². The first-order chi connectivity index (χ1) is 10.5. The molecule has 5 N–H and O–H groups in total. The van der Waals surface area contributed by atoms with Crippen molar-refractivity contribution in [2.75, 3.05) is 0 Å². The highest BCUT2D eigenvalue weighted by Gasteiger charge is 2.38. The Hall–Kier alpha value is -2.09. The van der Waals surface area contributed by atoms with Crippen molar-refractivity contribution in [3.8, 4) is 0 Å². The van der Waals surface area contributed by atoms with E-state index in [1.165, 1.54) is 13.0 Å². The summed E-state index contributed by atoms with van der Waals surface area (Å²) in [5.41, 5.74) is 8.19. The maximum Gasteiger partial charge on any atom is 0.416 e. The molecule has 1 aromatic carbocycles. The fourth-order valence-corrected chi connectivity index (χ4v) is 2.06. The molecule has 0 aromatic heterocycles. The number of halogens is 3. The van der Waals surface area contributed by atoms with Crippen molar-refractivity contribution in [3.63, 3.8) is 0 Å². The summed E-state index contributed by atoms with van der Waals surface area (Å²) in [7, 11) is 0. The molecule has 0 spiro atoms. The summed E-state index contributed by atoms with van der Waals surface area (Å²) in [6, 6.07) is 3.24. The highest BCUT2D eigenvalue weighted by Crippen LogP contribution is 2.32. The number of rotatable bonds is 6. The molecule has 0 aliphatic rings. The van der Waals surface area contributed by atoms with E-state index in [2.05, 4.69) is 5.32 Å². The minimum Gasteiger partial charge on any atom is -0.367 e. The molecule has 2 amide bonds. The number of nitrogens with two attached hydrogens (primary N) is 2. The molecule has 0 aliphatic heterocycles. The largest absolute Gasteiger partial charge is 0.416 e. The van der Waals surface area contributed by atoms with Crippen LogP contribution >= 0.6 is 0 Å². The first-order valence-electron chi connectivity index (χ1n) is 7.07. The third kappa shape index (κ3) is 4.44. The molecule has 128 valence electrons. The predicted octanol–water partition coefficient (Wildman–Crippen LogP) is 1.65. The van der Waals surface area contributed by atoms with Crippen LogP contribution in [0.5, 0.6) is 0 Å². The van der Waals surface area contributed by atoms with Crippen LogP contribution in [0.4, 0.5) is 13.2 Å². The third-order valence-corrected chi connectivity index (χ3v) is 3.57. The van der Waals surface area contributed by atoms with E-state index in [0.717, 1.165) is 18.2 Å². The van der Waals surface area contributed by atoms with Gasteiger partial charge in [-0.2, -0.15) is 13.2 Å². The zero-order chi connectivity index (χ0) is 17.8. The van der Waals surface area contributed by atoms with Gasteiger partial charge in [-0.25, -0.2) is 0 Å². The molecule has 23 heavy (non-hydrogen) atoms. The second kappa shape index (κ2) is 6.99. The van der Waals surface area contributed by atoms with Crippen molar-refractivity contribution < 1.29 is 22.8 Å². The molecule has 0 fully saturated rings. The minimum atomic E-state index is -4.57. The Morgan fingerprint density at radius 1 is 1.26 bits per heavy atom. The van der Waals surface area contributed by atoms with Gasteiger partial charge in [0.15, 0.2) is 0 Å². The van der Waals surface area contributed by atoms with Crippen LogP contribution in [0.25, 0.3) is 0 Å². The number of hydrogen-bond acceptors (Lipinski definition) is 3. The standard InChI is InChI=1S/C15H20F3N3O2/c1-3-5-11(19)12(22)21-14(2,13(20)23)9-6-4-7-10(8-9)15(16,17)18/h4,6-8,11H,3,5,19H2,1-2H3,(H2,20,23)(H,21,22). The zero-order valence-electron chi connectivity index (χ0n) is 12.9. The second-order valence-electron chi connectivity index (χ2n) is 5.45. The van der Waals surface area contributed by atoms with Gasteiger partial charge >= 0.3 is 6.18 Å². The van der Waals surface area contributed by atoms with E-state index in [4.69, 9.17) is 11.5 Å². The lowest BCUT2D eigenvalue weighted by molar-refractivity contribution is -0.138. The maximum atomic E-state index is 12.8. The summed E-state index contributed by atoms with van der Waals surface area (Å²) < 4.78 is 38.5. The molecule has 1 rings (SSSR count). The molecule has 0 saturated heterocycles. The molecular formula is C15H20F3N3O2. The van der Waals surface area contributed by atoms with Crippen LogP contribution in [-0.4, -0.2) is 17.9 Å². The van der Waals surface area contributed by atoms with Crippen LogP contribution in [0.2, 0.25) is 0 Å². The number of hydrogen-bond donors (Lipinski definition) is 3. The topological polar surface area (TPSA) is 98.2 Å². The van der Waals surface area contributed by atoms with Crippen LogP contribution < -0.4 is 16.8 Å². The number of nitrogens with one attached hydrogen (secondary N) is 1. The molecule has 0 radical (unpaired) electrons. The van der Waals surface area contributed by atoms with E-state index < -0.39 is 35.1 Å². The van der Waals surface area contributed by atoms with Gasteiger partial charge in [0, 0.05) is 0 Å². The quantitative estimate of drug-likeness (QED) is 0.739. The number of benzene rings is 1. The second-order valence-corrected chi connectivity index (χ2v) is 5.45. The Morgan fingerprint density at radius 2 is 1.83 bits per heavy atom. The summed E-state index contributed by atoms with van der Waals surface area (Å²) in [6.45, 7) is 3.08. The number of carbonyl (C=O) groups is 2. The Kier molecular flexibility index (Phi) is 5.76. The highest BCUT2D eigenvalue weighted by atomic mass is 19.4. The summed E-state index contributed by atoms with van der Waals surface area (Å²) in [4.78, 5) is 23.8. The normalized spacial score (nSPS) is 15.6. The molecule has 2 unspecified atom stereocenters. The van der Waals surface area contributed by atoms with Crippen molar-refractivity contribution in [3.05, 3.63) is 35.4 Å². The van der Waals surface area contributed by atoms with Gasteiger partial charge in [0.2, 0.25) is 11.8 Å². The van der Waals surface area contributed by atoms with Crippen LogP contribution in [0.1, 0.15) is 37.8 Å². The smallest absolute Gasteiger partial charge is 0.367 e. The van der Waals surface area contributed by atoms with Gasteiger partial charge in [-0.05, 0) is 31.0 Å². The molecular weight excluding hydrogens is 311 g/mol. The van der Waals surface area contributed by atoms with E-state index in [0.29, 0.717) is 12.8 Å². The summed E-state index contributed by atoms with van der Waals surface area (Å²) in [6.07, 6.45) is -3.55. The Balaban J connectivity index is 3.20. The minimum absolute atomic E-state index is 0.0585. The Bertz CT molecular complexity index is 590. The van der Waals surface area contributed by atoms with E-state index >= 15 is 0 Å². The lowest BCUT2D eigenvalue weighted by Gasteiger charge is -2.30. The van der Waals surface area contributed by atoms with Gasteiger partial charge in [0.1, 0.15) is 5.54 Å². The van der Waals surface area contributed by atoms with E-state index in [1.54, 1.807) is 0 Å². The van der Waals surface area contributed by atoms with Gasteiger partial charge in [-0.1, -0.05) is 25.5 Å². The summed E-state index contributed by atoms with van der Waals surface area (Å²) >= 11 is 0. The molecule has 1 aromatic rings. The first kappa shape index (κ1) is 19.0. The monoisotopic (exact) mass is 331 g/mol. The summed E-state index contributed by atoms with van der Waals surface area (Å²) in [5.74, 6) is -1.63. The fraction of sp³-hybridized carbons (Fsp3) is 0.467. The number of alkyl halides is 3. The number of primary amides is 1. The van der Waals surface area contributed by atoms with Crippen LogP contribution in [0, 0.1) is 0 Å². The maximum absolute atomic E-state index is 12.8. The molecule has 0 aliphatic carbocycles. The van der Waals surface area contributed by atoms with Crippen LogP contribution in [0.15, 0.2) is 24.3 Å². The highest BCUT2D eigenvalue weighted by molar-refractivity contribution is 5.92. The molecule has 0 saturated carbocycles. The van der Waals surface area contributed by atoms with Crippen molar-refractivity contribution in [2.24, 2.45) is 11.5 Å². The van der Waals surface area contributed by atoms with E-state index in [9.17, 15) is 22.8 Å². The average Bonchev–Trinajstić information content (AvgIpc) is 2.46. The summed E-state index contributed by atoms with van der Waals surface area (Å²) in [5, 5.41) is 2.37. The zero-order valence-corrected chi connectivity index (χ0v) is 12.9. The van der Waals surface area contributed by atoms with Crippen LogP contribution in [0.3, 0.4) is 0 Å². The third-order valence-electron chi connectivity index (χ3n) is 3.57. The van der Waals surface area contributed by atoms with Crippen molar-refractivity contribution in [1.82, 2.24) is 5.32 Å². The first-order valence-corrected chi connectivity index (χ1v) is 7.07. The average molecular weight is 331 g/mol. The SMILES string of the molecule is CCCC(N)C(=O)NC(C)(C(N)=O)c1cccc(C(F)(F)F)c1. The van der Waals surface area contributed by atoms with Crippen molar-refractivity contribution in [1.29, 1.82) is 0 Å². The van der Waals surface area contributed by atoms with Gasteiger partial charge in [0.25, 0.3) is 0 Å². The van der Waals surface area contributed by atoms with Crippen molar-refractivity contribution >= 4 is 11.8 Å². The molecule has 2 atom stereocenters. The van der Waals surface area contributed by atoms with Gasteiger partial charge in [0.05, 0.1) is 11.6 Å². The lowest BCUT2D eigenvalue weighted by atomic mass is 9.89. The molecule has 0 bridgehead atoms.